The third-order valence-electron chi connectivity index (χ3n) is 5.36. The number of amides is 2. The standard InChI is InChI=1S/C23H26N4O2S/c1-2-24-22(29)17-6-5-7-18(14-17)25-21(28)15-27-12-10-16(11-13-27)23-26-19-8-3-4-9-20(19)30-23/h3-9,14,16H,2,10-13,15H2,1H3,(H,24,29)(H,25,28). The average Bonchev–Trinajstić information content (AvgIpc) is 3.19. The number of fused-ring (bicyclic) bond motifs is 1. The molecule has 6 nitrogen and oxygen atoms in total. The Labute approximate surface area is 180 Å². The van der Waals surface area contributed by atoms with Gasteiger partial charge in [0.15, 0.2) is 0 Å². The van der Waals surface area contributed by atoms with Gasteiger partial charge in [0.1, 0.15) is 0 Å². The van der Waals surface area contributed by atoms with Crippen LogP contribution in [-0.4, -0.2) is 47.9 Å². The SMILES string of the molecule is CCNC(=O)c1cccc(NC(=O)CN2CCC(c3nc4ccccc4s3)CC2)c1. The van der Waals surface area contributed by atoms with Crippen LogP contribution < -0.4 is 10.6 Å². The monoisotopic (exact) mass is 422 g/mol. The van der Waals surface area contributed by atoms with Crippen LogP contribution >= 0.6 is 11.3 Å². The number of nitrogens with one attached hydrogen (secondary N) is 2. The molecule has 1 aliphatic rings. The van der Waals surface area contributed by atoms with Crippen LogP contribution in [0.25, 0.3) is 10.2 Å². The zero-order valence-electron chi connectivity index (χ0n) is 17.1. The fourth-order valence-electron chi connectivity index (χ4n) is 3.81. The average molecular weight is 423 g/mol. The number of rotatable bonds is 6. The van der Waals surface area contributed by atoms with Crippen molar-refractivity contribution in [3.63, 3.8) is 0 Å². The van der Waals surface area contributed by atoms with Crippen molar-refractivity contribution in [2.75, 3.05) is 31.5 Å². The van der Waals surface area contributed by atoms with Gasteiger partial charge in [-0.25, -0.2) is 4.98 Å². The molecule has 4 rings (SSSR count). The van der Waals surface area contributed by atoms with E-state index in [1.54, 1.807) is 35.6 Å². The molecule has 1 aliphatic heterocycles. The number of hydrogen-bond acceptors (Lipinski definition) is 5. The van der Waals surface area contributed by atoms with Gasteiger partial charge in [-0.1, -0.05) is 18.2 Å². The molecule has 3 aromatic rings. The first-order chi connectivity index (χ1) is 14.6. The summed E-state index contributed by atoms with van der Waals surface area (Å²) in [6, 6.07) is 15.3. The van der Waals surface area contributed by atoms with E-state index in [0.29, 0.717) is 30.3 Å². The second kappa shape index (κ2) is 9.36. The molecule has 7 heteroatoms. The number of benzene rings is 2. The van der Waals surface area contributed by atoms with Crippen molar-refractivity contribution in [1.29, 1.82) is 0 Å². The maximum absolute atomic E-state index is 12.5. The van der Waals surface area contributed by atoms with E-state index in [1.807, 2.05) is 13.0 Å². The zero-order chi connectivity index (χ0) is 20.9. The van der Waals surface area contributed by atoms with Gasteiger partial charge >= 0.3 is 0 Å². The van der Waals surface area contributed by atoms with Gasteiger partial charge < -0.3 is 10.6 Å². The Balaban J connectivity index is 1.29. The van der Waals surface area contributed by atoms with Crippen LogP contribution in [-0.2, 0) is 4.79 Å². The predicted octanol–water partition coefficient (Wildman–Crippen LogP) is 3.86. The number of nitrogens with zero attached hydrogens (tertiary/aromatic N) is 2. The molecule has 0 bridgehead atoms. The van der Waals surface area contributed by atoms with Gasteiger partial charge in [-0.3, -0.25) is 14.5 Å². The first-order valence-electron chi connectivity index (χ1n) is 10.4. The molecule has 1 saturated heterocycles. The summed E-state index contributed by atoms with van der Waals surface area (Å²) in [5.74, 6) is 0.280. The molecule has 0 radical (unpaired) electrons. The maximum atomic E-state index is 12.5. The molecule has 1 aromatic heterocycles. The number of piperidine rings is 1. The van der Waals surface area contributed by atoms with Crippen molar-refractivity contribution in [1.82, 2.24) is 15.2 Å². The van der Waals surface area contributed by atoms with Gasteiger partial charge in [0.25, 0.3) is 5.91 Å². The molecule has 0 saturated carbocycles. The minimum Gasteiger partial charge on any atom is -0.352 e. The molecule has 30 heavy (non-hydrogen) atoms. The number of aromatic nitrogens is 1. The highest BCUT2D eigenvalue weighted by Crippen LogP contribution is 2.33. The minimum atomic E-state index is -0.134. The largest absolute Gasteiger partial charge is 0.352 e. The molecule has 1 fully saturated rings. The Morgan fingerprint density at radius 2 is 1.93 bits per heavy atom. The minimum absolute atomic E-state index is 0.0542. The quantitative estimate of drug-likeness (QED) is 0.633. The number of thiazole rings is 1. The third-order valence-corrected chi connectivity index (χ3v) is 6.56. The van der Waals surface area contributed by atoms with Crippen molar-refractivity contribution in [2.24, 2.45) is 0 Å². The molecule has 0 spiro atoms. The summed E-state index contributed by atoms with van der Waals surface area (Å²) in [5.41, 5.74) is 2.27. The van der Waals surface area contributed by atoms with Gasteiger partial charge in [-0.2, -0.15) is 0 Å². The van der Waals surface area contributed by atoms with Crippen molar-refractivity contribution < 1.29 is 9.59 Å². The van der Waals surface area contributed by atoms with Crippen molar-refractivity contribution in [2.45, 2.75) is 25.7 Å². The number of para-hydroxylation sites is 1. The lowest BCUT2D eigenvalue weighted by Gasteiger charge is -2.30. The van der Waals surface area contributed by atoms with Crippen LogP contribution in [0.4, 0.5) is 5.69 Å². The fraction of sp³-hybridized carbons (Fsp3) is 0.348. The highest BCUT2D eigenvalue weighted by atomic mass is 32.1. The first kappa shape index (κ1) is 20.5. The van der Waals surface area contributed by atoms with Crippen LogP contribution in [0.3, 0.4) is 0 Å². The molecular formula is C23H26N4O2S. The summed E-state index contributed by atoms with van der Waals surface area (Å²) >= 11 is 1.79. The summed E-state index contributed by atoms with van der Waals surface area (Å²) < 4.78 is 1.24. The Morgan fingerprint density at radius 3 is 2.70 bits per heavy atom. The van der Waals surface area contributed by atoms with Crippen LogP contribution in [0.15, 0.2) is 48.5 Å². The van der Waals surface area contributed by atoms with Crippen LogP contribution in [0.2, 0.25) is 0 Å². The second-order valence-corrected chi connectivity index (χ2v) is 8.62. The van der Waals surface area contributed by atoms with E-state index < -0.39 is 0 Å². The summed E-state index contributed by atoms with van der Waals surface area (Å²) in [7, 11) is 0. The normalized spacial score (nSPS) is 15.2. The Hall–Kier alpha value is -2.77. The lowest BCUT2D eigenvalue weighted by molar-refractivity contribution is -0.117. The molecule has 0 atom stereocenters. The number of likely N-dealkylation sites (tertiary alicyclic amines) is 1. The smallest absolute Gasteiger partial charge is 0.251 e. The lowest BCUT2D eigenvalue weighted by Crippen LogP contribution is -2.38. The van der Waals surface area contributed by atoms with E-state index in [0.717, 1.165) is 31.4 Å². The number of hydrogen-bond donors (Lipinski definition) is 2. The molecule has 2 heterocycles. The van der Waals surface area contributed by atoms with Crippen molar-refractivity contribution in [3.05, 3.63) is 59.1 Å². The summed E-state index contributed by atoms with van der Waals surface area (Å²) in [5, 5.41) is 6.90. The topological polar surface area (TPSA) is 74.3 Å². The highest BCUT2D eigenvalue weighted by molar-refractivity contribution is 7.18. The molecular weight excluding hydrogens is 396 g/mol. The van der Waals surface area contributed by atoms with E-state index >= 15 is 0 Å². The summed E-state index contributed by atoms with van der Waals surface area (Å²) in [4.78, 5) is 31.5. The maximum Gasteiger partial charge on any atom is 0.251 e. The third kappa shape index (κ3) is 4.86. The van der Waals surface area contributed by atoms with Gasteiger partial charge in [0.05, 0.1) is 21.8 Å². The van der Waals surface area contributed by atoms with Gasteiger partial charge in [-0.05, 0) is 63.2 Å². The number of carbonyl (C=O) groups excluding carboxylic acids is 2. The molecule has 156 valence electrons. The van der Waals surface area contributed by atoms with Crippen LogP contribution in [0.5, 0.6) is 0 Å². The molecule has 2 amide bonds. The lowest BCUT2D eigenvalue weighted by atomic mass is 9.97. The summed E-state index contributed by atoms with van der Waals surface area (Å²) in [6.07, 6.45) is 2.03. The Morgan fingerprint density at radius 1 is 1.13 bits per heavy atom. The molecule has 2 N–H and O–H groups in total. The van der Waals surface area contributed by atoms with E-state index in [9.17, 15) is 9.59 Å². The van der Waals surface area contributed by atoms with Crippen molar-refractivity contribution >= 4 is 39.1 Å². The second-order valence-electron chi connectivity index (χ2n) is 7.56. The van der Waals surface area contributed by atoms with Gasteiger partial charge in [-0.15, -0.1) is 11.3 Å². The first-order valence-corrected chi connectivity index (χ1v) is 11.2. The predicted molar refractivity (Wildman–Crippen MR) is 121 cm³/mol. The van der Waals surface area contributed by atoms with E-state index in [1.165, 1.54) is 9.71 Å². The number of anilines is 1. The van der Waals surface area contributed by atoms with Crippen LogP contribution in [0, 0.1) is 0 Å². The molecule has 0 unspecified atom stereocenters. The zero-order valence-corrected chi connectivity index (χ0v) is 17.9. The van der Waals surface area contributed by atoms with Gasteiger partial charge in [0, 0.05) is 23.7 Å². The van der Waals surface area contributed by atoms with Crippen LogP contribution in [0.1, 0.15) is 41.0 Å². The summed E-state index contributed by atoms with van der Waals surface area (Å²) in [6.45, 7) is 4.57. The molecule has 0 aliphatic carbocycles. The Bertz CT molecular complexity index is 1010. The number of carbonyl (C=O) groups is 2. The highest BCUT2D eigenvalue weighted by Gasteiger charge is 2.24. The van der Waals surface area contributed by atoms with E-state index in [2.05, 4.69) is 33.7 Å². The van der Waals surface area contributed by atoms with Gasteiger partial charge in [0.2, 0.25) is 5.91 Å². The van der Waals surface area contributed by atoms with E-state index in [-0.39, 0.29) is 11.8 Å². The molecule has 2 aromatic carbocycles. The Kier molecular flexibility index (Phi) is 6.40. The van der Waals surface area contributed by atoms with Crippen molar-refractivity contribution in [3.8, 4) is 0 Å². The fourth-order valence-corrected chi connectivity index (χ4v) is 4.94. The van der Waals surface area contributed by atoms with E-state index in [4.69, 9.17) is 4.98 Å².